The number of furan rings is 1. The lowest BCUT2D eigenvalue weighted by atomic mass is 10.1. The van der Waals surface area contributed by atoms with Gasteiger partial charge in [0.15, 0.2) is 5.75 Å². The zero-order valence-electron chi connectivity index (χ0n) is 12.0. The van der Waals surface area contributed by atoms with Crippen LogP contribution < -0.4 is 4.74 Å². The molecule has 0 aliphatic rings. The monoisotopic (exact) mass is 344 g/mol. The molecular weight excluding hydrogens is 336 g/mol. The Morgan fingerprint density at radius 3 is 2.79 bits per heavy atom. The number of esters is 1. The summed E-state index contributed by atoms with van der Waals surface area (Å²) in [6.07, 6.45) is 2.75. The van der Waals surface area contributed by atoms with E-state index in [0.29, 0.717) is 16.3 Å². The quantitative estimate of drug-likeness (QED) is 0.401. The van der Waals surface area contributed by atoms with Gasteiger partial charge >= 0.3 is 5.97 Å². The van der Waals surface area contributed by atoms with Crippen molar-refractivity contribution in [2.45, 2.75) is 0 Å². The average Bonchev–Trinajstić information content (AvgIpc) is 3.05. The number of hydrogen-bond acceptors (Lipinski definition) is 6. The minimum Gasteiger partial charge on any atom is -0.449 e. The first-order valence-electron chi connectivity index (χ1n) is 6.70. The molecule has 0 aliphatic heterocycles. The van der Waals surface area contributed by atoms with Crippen LogP contribution >= 0.6 is 11.6 Å². The lowest BCUT2D eigenvalue weighted by molar-refractivity contribution is -0.384. The zero-order valence-corrected chi connectivity index (χ0v) is 12.8. The van der Waals surface area contributed by atoms with Crippen LogP contribution in [-0.2, 0) is 0 Å². The number of ether oxygens (including phenoxy) is 1. The van der Waals surface area contributed by atoms with Gasteiger partial charge in [-0.05, 0) is 12.1 Å². The van der Waals surface area contributed by atoms with Crippen LogP contribution in [0.4, 0.5) is 5.69 Å². The van der Waals surface area contributed by atoms with Crippen molar-refractivity contribution in [1.29, 1.82) is 0 Å². The van der Waals surface area contributed by atoms with Gasteiger partial charge in [-0.15, -0.1) is 0 Å². The molecule has 3 rings (SSSR count). The molecule has 0 N–H and O–H groups in total. The minimum absolute atomic E-state index is 0.0449. The van der Waals surface area contributed by atoms with Crippen molar-refractivity contribution >= 4 is 23.3 Å². The van der Waals surface area contributed by atoms with Gasteiger partial charge in [-0.25, -0.2) is 4.79 Å². The van der Waals surface area contributed by atoms with Crippen LogP contribution in [0, 0.1) is 10.1 Å². The molecule has 0 amide bonds. The molecule has 3 aromatic rings. The summed E-state index contributed by atoms with van der Waals surface area (Å²) in [6, 6.07) is 10.3. The molecule has 8 heteroatoms. The molecule has 0 radical (unpaired) electrons. The molecule has 24 heavy (non-hydrogen) atoms. The predicted octanol–water partition coefficient (Wildman–Crippen LogP) is 4.12. The van der Waals surface area contributed by atoms with Crippen LogP contribution in [0.5, 0.6) is 5.75 Å². The van der Waals surface area contributed by atoms with Gasteiger partial charge in [-0.1, -0.05) is 23.7 Å². The van der Waals surface area contributed by atoms with Crippen molar-refractivity contribution in [3.8, 4) is 17.1 Å². The Bertz CT molecular complexity index is 922. The molecule has 7 nitrogen and oxygen atoms in total. The van der Waals surface area contributed by atoms with Crippen LogP contribution in [0.3, 0.4) is 0 Å². The van der Waals surface area contributed by atoms with E-state index in [1.165, 1.54) is 48.8 Å². The van der Waals surface area contributed by atoms with E-state index >= 15 is 0 Å². The van der Waals surface area contributed by atoms with Gasteiger partial charge in [0, 0.05) is 30.0 Å². The standard InChI is InChI=1S/C16H9ClN2O5/c17-11-7-13(9-18-8-11)23-16(20)15-5-4-14(24-15)10-2-1-3-12(6-10)19(21)22/h1-9H. The van der Waals surface area contributed by atoms with Gasteiger partial charge in [-0.2, -0.15) is 0 Å². The first-order valence-corrected chi connectivity index (χ1v) is 7.08. The summed E-state index contributed by atoms with van der Waals surface area (Å²) < 4.78 is 10.5. The first-order chi connectivity index (χ1) is 11.5. The Labute approximate surface area is 140 Å². The lowest BCUT2D eigenvalue weighted by Crippen LogP contribution is -2.07. The number of carbonyl (C=O) groups excluding carboxylic acids is 1. The van der Waals surface area contributed by atoms with E-state index in [2.05, 4.69) is 4.98 Å². The second-order valence-electron chi connectivity index (χ2n) is 4.70. The molecule has 0 spiro atoms. The summed E-state index contributed by atoms with van der Waals surface area (Å²) in [5.74, 6) is -0.275. The van der Waals surface area contributed by atoms with Crippen LogP contribution in [0.15, 0.2) is 59.3 Å². The van der Waals surface area contributed by atoms with E-state index in [1.54, 1.807) is 6.07 Å². The predicted molar refractivity (Wildman–Crippen MR) is 85.0 cm³/mol. The number of hydrogen-bond donors (Lipinski definition) is 0. The molecule has 0 fully saturated rings. The van der Waals surface area contributed by atoms with E-state index in [-0.39, 0.29) is 17.2 Å². The number of aromatic nitrogens is 1. The van der Waals surface area contributed by atoms with Gasteiger partial charge in [-0.3, -0.25) is 15.1 Å². The highest BCUT2D eigenvalue weighted by atomic mass is 35.5. The maximum absolute atomic E-state index is 12.1. The molecule has 2 heterocycles. The molecule has 120 valence electrons. The first kappa shape index (κ1) is 15.7. The molecule has 0 atom stereocenters. The second-order valence-corrected chi connectivity index (χ2v) is 5.14. The summed E-state index contributed by atoms with van der Waals surface area (Å²) >= 11 is 5.77. The third-order valence-electron chi connectivity index (χ3n) is 3.04. The summed E-state index contributed by atoms with van der Waals surface area (Å²) in [6.45, 7) is 0. The number of nitro groups is 1. The Morgan fingerprint density at radius 1 is 1.21 bits per heavy atom. The maximum atomic E-state index is 12.1. The Hall–Kier alpha value is -3.19. The normalized spacial score (nSPS) is 10.4. The van der Waals surface area contributed by atoms with Crippen LogP contribution in [0.2, 0.25) is 5.02 Å². The van der Waals surface area contributed by atoms with Crippen molar-refractivity contribution in [3.05, 3.63) is 75.8 Å². The number of halogens is 1. The Morgan fingerprint density at radius 2 is 2.04 bits per heavy atom. The highest BCUT2D eigenvalue weighted by Crippen LogP contribution is 2.26. The summed E-state index contributed by atoms with van der Waals surface area (Å²) in [5, 5.41) is 11.1. The smallest absolute Gasteiger partial charge is 0.379 e. The second kappa shape index (κ2) is 6.51. The third-order valence-corrected chi connectivity index (χ3v) is 3.25. The van der Waals surface area contributed by atoms with E-state index < -0.39 is 10.9 Å². The van der Waals surface area contributed by atoms with Crippen LogP contribution in [-0.4, -0.2) is 15.9 Å². The van der Waals surface area contributed by atoms with Crippen LogP contribution in [0.25, 0.3) is 11.3 Å². The minimum atomic E-state index is -0.726. The van der Waals surface area contributed by atoms with Crippen molar-refractivity contribution < 1.29 is 18.9 Å². The number of non-ortho nitro benzene ring substituents is 1. The highest BCUT2D eigenvalue weighted by molar-refractivity contribution is 6.30. The molecule has 0 unspecified atom stereocenters. The number of pyridine rings is 1. The van der Waals surface area contributed by atoms with Gasteiger partial charge in [0.05, 0.1) is 16.1 Å². The fourth-order valence-electron chi connectivity index (χ4n) is 1.98. The maximum Gasteiger partial charge on any atom is 0.379 e. The van der Waals surface area contributed by atoms with E-state index in [1.807, 2.05) is 0 Å². The molecule has 0 bridgehead atoms. The van der Waals surface area contributed by atoms with E-state index in [0.717, 1.165) is 0 Å². The van der Waals surface area contributed by atoms with Gasteiger partial charge in [0.2, 0.25) is 5.76 Å². The summed E-state index contributed by atoms with van der Waals surface area (Å²) in [5.41, 5.74) is 0.408. The zero-order chi connectivity index (χ0) is 17.1. The van der Waals surface area contributed by atoms with Gasteiger partial charge < -0.3 is 9.15 Å². The number of carbonyl (C=O) groups is 1. The molecular formula is C16H9ClN2O5. The number of rotatable bonds is 4. The van der Waals surface area contributed by atoms with Crippen molar-refractivity contribution in [3.63, 3.8) is 0 Å². The Kier molecular flexibility index (Phi) is 4.26. The molecule has 2 aromatic heterocycles. The SMILES string of the molecule is O=C(Oc1cncc(Cl)c1)c1ccc(-c2cccc([N+](=O)[O-])c2)o1. The third kappa shape index (κ3) is 3.41. The topological polar surface area (TPSA) is 95.5 Å². The van der Waals surface area contributed by atoms with Crippen molar-refractivity contribution in [2.75, 3.05) is 0 Å². The summed E-state index contributed by atoms with van der Waals surface area (Å²) in [4.78, 5) is 26.2. The largest absolute Gasteiger partial charge is 0.449 e. The molecule has 0 saturated carbocycles. The van der Waals surface area contributed by atoms with Gasteiger partial charge in [0.1, 0.15) is 5.76 Å². The van der Waals surface area contributed by atoms with Gasteiger partial charge in [0.25, 0.3) is 5.69 Å². The fraction of sp³-hybridized carbons (Fsp3) is 0. The number of nitrogens with zero attached hydrogens (tertiary/aromatic N) is 2. The lowest BCUT2D eigenvalue weighted by Gasteiger charge is -2.02. The Balaban J connectivity index is 1.81. The average molecular weight is 345 g/mol. The summed E-state index contributed by atoms with van der Waals surface area (Å²) in [7, 11) is 0. The molecule has 0 saturated heterocycles. The van der Waals surface area contributed by atoms with Crippen molar-refractivity contribution in [2.24, 2.45) is 0 Å². The highest BCUT2D eigenvalue weighted by Gasteiger charge is 2.16. The van der Waals surface area contributed by atoms with Crippen molar-refractivity contribution in [1.82, 2.24) is 4.98 Å². The van der Waals surface area contributed by atoms with E-state index in [4.69, 9.17) is 20.8 Å². The van der Waals surface area contributed by atoms with Crippen LogP contribution in [0.1, 0.15) is 10.6 Å². The fourth-order valence-corrected chi connectivity index (χ4v) is 2.14. The number of nitro benzene ring substituents is 1. The molecule has 1 aromatic carbocycles. The number of benzene rings is 1. The molecule has 0 aliphatic carbocycles. The van der Waals surface area contributed by atoms with E-state index in [9.17, 15) is 14.9 Å².